The Labute approximate surface area is 198 Å². The van der Waals surface area contributed by atoms with Gasteiger partial charge in [0.1, 0.15) is 17.3 Å². The molecule has 1 saturated carbocycles. The van der Waals surface area contributed by atoms with E-state index >= 15 is 0 Å². The van der Waals surface area contributed by atoms with Crippen molar-refractivity contribution in [1.82, 2.24) is 25.2 Å². The second kappa shape index (κ2) is 10.3. The minimum Gasteiger partial charge on any atom is -0.480 e. The molecule has 1 aliphatic rings. The number of rotatable bonds is 10. The second-order valence-electron chi connectivity index (χ2n) is 8.09. The lowest BCUT2D eigenvalue weighted by Gasteiger charge is -2.13. The van der Waals surface area contributed by atoms with Crippen LogP contribution in [-0.4, -0.2) is 47.8 Å². The predicted octanol–water partition coefficient (Wildman–Crippen LogP) is 3.40. The summed E-state index contributed by atoms with van der Waals surface area (Å²) in [5.74, 6) is -0.828. The average molecular weight is 486 g/mol. The van der Waals surface area contributed by atoms with Crippen LogP contribution in [0.3, 0.4) is 0 Å². The summed E-state index contributed by atoms with van der Waals surface area (Å²) in [7, 11) is 0. The molecule has 1 aliphatic carbocycles. The maximum atomic E-state index is 13.0. The molecule has 0 atom stereocenters. The highest BCUT2D eigenvalue weighted by molar-refractivity contribution is 8.01. The number of benzene rings is 1. The topological polar surface area (TPSA) is 128 Å². The van der Waals surface area contributed by atoms with Crippen LogP contribution in [-0.2, 0) is 29.0 Å². The smallest absolute Gasteiger partial charge is 0.325 e. The lowest BCUT2D eigenvalue weighted by Crippen LogP contribution is -2.16. The van der Waals surface area contributed by atoms with Crippen molar-refractivity contribution in [3.8, 4) is 0 Å². The minimum absolute atomic E-state index is 0.0130. The molecule has 2 aromatic heterocycles. The third kappa shape index (κ3) is 5.91. The summed E-state index contributed by atoms with van der Waals surface area (Å²) in [6.07, 6.45) is 6.00. The van der Waals surface area contributed by atoms with Gasteiger partial charge < -0.3 is 5.11 Å². The number of aliphatic carboxylic acids is 1. The third-order valence-corrected chi connectivity index (χ3v) is 7.57. The summed E-state index contributed by atoms with van der Waals surface area (Å²) < 4.78 is 1.95. The first kappa shape index (κ1) is 23.2. The number of carboxylic acids is 1. The van der Waals surface area contributed by atoms with Gasteiger partial charge in [0, 0.05) is 17.9 Å². The Kier molecular flexibility index (Phi) is 7.29. The number of carbonyl (C=O) groups is 3. The Hall–Kier alpha value is -2.92. The van der Waals surface area contributed by atoms with Crippen molar-refractivity contribution >= 4 is 40.6 Å². The fraction of sp³-hybridized carbons (Fsp3) is 0.409. The highest BCUT2D eigenvalue weighted by Gasteiger charge is 2.26. The van der Waals surface area contributed by atoms with E-state index in [4.69, 9.17) is 5.11 Å². The van der Waals surface area contributed by atoms with E-state index in [-0.39, 0.29) is 36.9 Å². The molecule has 11 heteroatoms. The molecule has 33 heavy (non-hydrogen) atoms. The van der Waals surface area contributed by atoms with Gasteiger partial charge in [-0.15, -0.1) is 16.4 Å². The number of thiazole rings is 1. The molecular weight excluding hydrogens is 462 g/mol. The number of ketones is 2. The summed E-state index contributed by atoms with van der Waals surface area (Å²) in [4.78, 5) is 41.1. The van der Waals surface area contributed by atoms with Crippen LogP contribution in [0.15, 0.2) is 33.8 Å². The molecule has 0 amide bonds. The van der Waals surface area contributed by atoms with E-state index in [2.05, 4.69) is 20.5 Å². The zero-order valence-electron chi connectivity index (χ0n) is 18.1. The fourth-order valence-electron chi connectivity index (χ4n) is 3.93. The maximum absolute atomic E-state index is 13.0. The normalized spacial score (nSPS) is 14.0. The summed E-state index contributed by atoms with van der Waals surface area (Å²) in [5.41, 5.74) is 2.47. The van der Waals surface area contributed by atoms with Crippen molar-refractivity contribution in [2.24, 2.45) is 5.92 Å². The summed E-state index contributed by atoms with van der Waals surface area (Å²) in [6, 6.07) is 5.73. The molecule has 3 aromatic rings. The summed E-state index contributed by atoms with van der Waals surface area (Å²) >= 11 is 2.54. The van der Waals surface area contributed by atoms with E-state index in [1.807, 2.05) is 25.1 Å². The first-order chi connectivity index (χ1) is 15.9. The number of tetrazole rings is 1. The molecule has 0 spiro atoms. The van der Waals surface area contributed by atoms with Gasteiger partial charge in [0.15, 0.2) is 5.78 Å². The lowest BCUT2D eigenvalue weighted by molar-refractivity contribution is -0.138. The predicted molar refractivity (Wildman–Crippen MR) is 122 cm³/mol. The number of hydrogen-bond donors (Lipinski definition) is 1. The molecule has 0 bridgehead atoms. The van der Waals surface area contributed by atoms with Crippen LogP contribution in [0.5, 0.6) is 0 Å². The molecule has 0 unspecified atom stereocenters. The van der Waals surface area contributed by atoms with Gasteiger partial charge in [-0.25, -0.2) is 9.67 Å². The summed E-state index contributed by atoms with van der Waals surface area (Å²) in [5, 5.41) is 20.9. The third-order valence-electron chi connectivity index (χ3n) is 5.50. The first-order valence-corrected chi connectivity index (χ1v) is 12.3. The Bertz CT molecular complexity index is 1180. The molecule has 1 fully saturated rings. The van der Waals surface area contributed by atoms with Gasteiger partial charge in [-0.1, -0.05) is 30.5 Å². The van der Waals surface area contributed by atoms with Crippen LogP contribution >= 0.6 is 23.1 Å². The second-order valence-corrected chi connectivity index (χ2v) is 10.5. The minimum atomic E-state index is -1.04. The van der Waals surface area contributed by atoms with E-state index in [1.54, 1.807) is 6.20 Å². The van der Waals surface area contributed by atoms with Crippen LogP contribution in [0.1, 0.15) is 52.2 Å². The van der Waals surface area contributed by atoms with Crippen LogP contribution in [0.2, 0.25) is 0 Å². The molecule has 0 saturated heterocycles. The van der Waals surface area contributed by atoms with Gasteiger partial charge in [0.05, 0.1) is 16.8 Å². The zero-order chi connectivity index (χ0) is 23.4. The highest BCUT2D eigenvalue weighted by Crippen LogP contribution is 2.32. The SMILES string of the molecule is Cc1ccc(CC(=O)Cc2ncc(Sc3nnnn3CC(=O)O)s2)c(C(=O)C2CCCC2)c1. The Morgan fingerprint density at radius 2 is 2.00 bits per heavy atom. The van der Waals surface area contributed by atoms with Crippen molar-refractivity contribution in [2.45, 2.75) is 61.4 Å². The van der Waals surface area contributed by atoms with Gasteiger partial charge in [-0.3, -0.25) is 14.4 Å². The first-order valence-electron chi connectivity index (χ1n) is 10.6. The van der Waals surface area contributed by atoms with Crippen LogP contribution in [0.4, 0.5) is 0 Å². The molecule has 1 N–H and O–H groups in total. The molecule has 9 nitrogen and oxygen atoms in total. The number of aromatic nitrogens is 5. The van der Waals surface area contributed by atoms with Crippen molar-refractivity contribution in [2.75, 3.05) is 0 Å². The van der Waals surface area contributed by atoms with Gasteiger partial charge in [-0.2, -0.15) is 0 Å². The maximum Gasteiger partial charge on any atom is 0.325 e. The van der Waals surface area contributed by atoms with E-state index in [0.29, 0.717) is 15.7 Å². The van der Waals surface area contributed by atoms with Crippen LogP contribution in [0, 0.1) is 12.8 Å². The molecule has 0 aliphatic heterocycles. The molecule has 2 heterocycles. The van der Waals surface area contributed by atoms with Crippen molar-refractivity contribution < 1.29 is 19.5 Å². The molecular formula is C22H23N5O4S2. The zero-order valence-corrected chi connectivity index (χ0v) is 19.7. The Balaban J connectivity index is 1.41. The molecule has 1 aromatic carbocycles. The monoisotopic (exact) mass is 485 g/mol. The number of aryl methyl sites for hydroxylation is 1. The van der Waals surface area contributed by atoms with Crippen molar-refractivity contribution in [3.63, 3.8) is 0 Å². The lowest BCUT2D eigenvalue weighted by atomic mass is 9.90. The van der Waals surface area contributed by atoms with Gasteiger partial charge in [0.25, 0.3) is 0 Å². The number of Topliss-reactive ketones (excluding diaryl/α,β-unsaturated/α-hetero) is 2. The summed E-state index contributed by atoms with van der Waals surface area (Å²) in [6.45, 7) is 1.62. The van der Waals surface area contributed by atoms with E-state index in [1.165, 1.54) is 27.8 Å². The Morgan fingerprint density at radius 3 is 2.76 bits per heavy atom. The number of nitrogens with zero attached hydrogens (tertiary/aromatic N) is 5. The highest BCUT2D eigenvalue weighted by atomic mass is 32.2. The number of carboxylic acid groups (broad SMARTS) is 1. The molecule has 0 radical (unpaired) electrons. The van der Waals surface area contributed by atoms with Gasteiger partial charge in [0.2, 0.25) is 5.16 Å². The molecule has 4 rings (SSSR count). The number of carbonyl (C=O) groups excluding carboxylic acids is 2. The number of hydrogen-bond acceptors (Lipinski definition) is 9. The van der Waals surface area contributed by atoms with Crippen LogP contribution < -0.4 is 0 Å². The Morgan fingerprint density at radius 1 is 1.21 bits per heavy atom. The standard InChI is InChI=1S/C22H23N5O4S2/c1-13-6-7-15(17(8-13)21(31)14-4-2-3-5-14)9-16(28)10-18-23-11-20(32-18)33-22-24-25-26-27(22)12-19(29)30/h6-8,11,14H,2-5,9-10,12H2,1H3,(H,29,30). The van der Waals surface area contributed by atoms with E-state index in [0.717, 1.165) is 41.0 Å². The quantitative estimate of drug-likeness (QED) is 0.430. The van der Waals surface area contributed by atoms with Crippen molar-refractivity contribution in [1.29, 1.82) is 0 Å². The van der Waals surface area contributed by atoms with E-state index in [9.17, 15) is 14.4 Å². The van der Waals surface area contributed by atoms with Gasteiger partial charge >= 0.3 is 5.97 Å². The largest absolute Gasteiger partial charge is 0.480 e. The fourth-order valence-corrected chi connectivity index (χ4v) is 5.86. The van der Waals surface area contributed by atoms with Crippen molar-refractivity contribution in [3.05, 3.63) is 46.1 Å². The van der Waals surface area contributed by atoms with Gasteiger partial charge in [-0.05, 0) is 53.6 Å². The molecule has 172 valence electrons. The average Bonchev–Trinajstić information content (AvgIpc) is 3.52. The van der Waals surface area contributed by atoms with E-state index < -0.39 is 5.97 Å². The van der Waals surface area contributed by atoms with Crippen LogP contribution in [0.25, 0.3) is 0 Å².